The van der Waals surface area contributed by atoms with Crippen molar-refractivity contribution < 1.29 is 17.9 Å². The second kappa shape index (κ2) is 3.93. The van der Waals surface area contributed by atoms with E-state index in [1.807, 2.05) is 0 Å². The molecule has 0 bridgehead atoms. The van der Waals surface area contributed by atoms with Gasteiger partial charge in [-0.05, 0) is 6.92 Å². The lowest BCUT2D eigenvalue weighted by Gasteiger charge is -2.14. The molecule has 0 unspecified atom stereocenters. The number of aromatic nitrogens is 1. The molecule has 0 atom stereocenters. The largest absolute Gasteiger partial charge is 0.573 e. The number of nitrogen functional groups attached to an aromatic ring is 1. The van der Waals surface area contributed by atoms with E-state index in [2.05, 4.69) is 9.72 Å². The van der Waals surface area contributed by atoms with Crippen molar-refractivity contribution >= 4 is 5.82 Å². The van der Waals surface area contributed by atoms with Gasteiger partial charge < -0.3 is 16.2 Å². The van der Waals surface area contributed by atoms with Gasteiger partial charge in [0.15, 0.2) is 5.75 Å². The third-order valence-electron chi connectivity index (χ3n) is 1.88. The minimum atomic E-state index is -4.74. The Bertz CT molecular complexity index is 365. The number of anilines is 1. The maximum Gasteiger partial charge on any atom is 0.573 e. The van der Waals surface area contributed by atoms with Crippen molar-refractivity contribution in [3.05, 3.63) is 17.3 Å². The van der Waals surface area contributed by atoms with Crippen LogP contribution in [0.1, 0.15) is 11.1 Å². The first-order chi connectivity index (χ1) is 6.85. The monoisotopic (exact) mass is 221 g/mol. The lowest BCUT2D eigenvalue weighted by molar-refractivity contribution is -0.275. The predicted molar refractivity (Wildman–Crippen MR) is 48.0 cm³/mol. The van der Waals surface area contributed by atoms with E-state index in [0.717, 1.165) is 6.20 Å². The van der Waals surface area contributed by atoms with E-state index in [1.54, 1.807) is 0 Å². The van der Waals surface area contributed by atoms with E-state index < -0.39 is 6.36 Å². The van der Waals surface area contributed by atoms with Crippen molar-refractivity contribution in [2.24, 2.45) is 5.73 Å². The van der Waals surface area contributed by atoms with Crippen molar-refractivity contribution in [1.29, 1.82) is 0 Å². The van der Waals surface area contributed by atoms with Crippen molar-refractivity contribution in [3.8, 4) is 5.75 Å². The number of nitrogens with two attached hydrogens (primary N) is 2. The van der Waals surface area contributed by atoms with Gasteiger partial charge in [-0.25, -0.2) is 4.98 Å². The Kier molecular flexibility index (Phi) is 3.04. The zero-order chi connectivity index (χ0) is 11.6. The van der Waals surface area contributed by atoms with Crippen LogP contribution in [0.15, 0.2) is 6.20 Å². The molecular formula is C8H10F3N3O. The Morgan fingerprint density at radius 3 is 2.53 bits per heavy atom. The van der Waals surface area contributed by atoms with Gasteiger partial charge in [0, 0.05) is 17.7 Å². The van der Waals surface area contributed by atoms with Crippen LogP contribution in [-0.2, 0) is 6.54 Å². The van der Waals surface area contributed by atoms with Crippen LogP contribution in [0.3, 0.4) is 0 Å². The Morgan fingerprint density at radius 1 is 1.47 bits per heavy atom. The van der Waals surface area contributed by atoms with Crippen LogP contribution in [0.5, 0.6) is 5.75 Å². The molecule has 15 heavy (non-hydrogen) atoms. The Balaban J connectivity index is 3.11. The van der Waals surface area contributed by atoms with Crippen LogP contribution in [0.4, 0.5) is 19.0 Å². The highest BCUT2D eigenvalue weighted by Gasteiger charge is 2.32. The van der Waals surface area contributed by atoms with Gasteiger partial charge in [-0.3, -0.25) is 0 Å². The minimum Gasteiger partial charge on any atom is -0.404 e. The molecule has 0 spiro atoms. The fourth-order valence-electron chi connectivity index (χ4n) is 1.13. The highest BCUT2D eigenvalue weighted by molar-refractivity contribution is 5.49. The van der Waals surface area contributed by atoms with E-state index in [1.165, 1.54) is 6.92 Å². The maximum absolute atomic E-state index is 11.9. The fourth-order valence-corrected chi connectivity index (χ4v) is 1.13. The highest BCUT2D eigenvalue weighted by Crippen LogP contribution is 2.28. The van der Waals surface area contributed by atoms with E-state index in [0.29, 0.717) is 5.56 Å². The van der Waals surface area contributed by atoms with Gasteiger partial charge in [0.2, 0.25) is 0 Å². The van der Waals surface area contributed by atoms with Crippen molar-refractivity contribution in [3.63, 3.8) is 0 Å². The van der Waals surface area contributed by atoms with Gasteiger partial charge in [0.1, 0.15) is 5.82 Å². The third-order valence-corrected chi connectivity index (χ3v) is 1.88. The van der Waals surface area contributed by atoms with Crippen LogP contribution < -0.4 is 16.2 Å². The summed E-state index contributed by atoms with van der Waals surface area (Å²) in [6.45, 7) is 1.46. The summed E-state index contributed by atoms with van der Waals surface area (Å²) in [7, 11) is 0. The molecule has 0 aromatic carbocycles. The maximum atomic E-state index is 11.9. The average Bonchev–Trinajstić information content (AvgIpc) is 2.09. The Morgan fingerprint density at radius 2 is 2.07 bits per heavy atom. The van der Waals surface area contributed by atoms with Gasteiger partial charge in [-0.2, -0.15) is 0 Å². The predicted octanol–water partition coefficient (Wildman–Crippen LogP) is 1.33. The molecule has 0 aliphatic rings. The second-order valence-electron chi connectivity index (χ2n) is 2.86. The topological polar surface area (TPSA) is 74.2 Å². The summed E-state index contributed by atoms with van der Waals surface area (Å²) in [4.78, 5) is 3.57. The van der Waals surface area contributed by atoms with Gasteiger partial charge in [0.05, 0.1) is 6.20 Å². The third kappa shape index (κ3) is 2.72. The van der Waals surface area contributed by atoms with E-state index in [4.69, 9.17) is 11.5 Å². The summed E-state index contributed by atoms with van der Waals surface area (Å²) in [6, 6.07) is 0. The molecule has 1 heterocycles. The minimum absolute atomic E-state index is 0.0136. The lowest BCUT2D eigenvalue weighted by atomic mass is 10.1. The SMILES string of the molecule is Cc1c(OC(F)(F)F)cnc(N)c1CN. The normalized spacial score (nSPS) is 11.5. The number of rotatable bonds is 2. The molecule has 84 valence electrons. The van der Waals surface area contributed by atoms with E-state index in [9.17, 15) is 13.2 Å². The van der Waals surface area contributed by atoms with Gasteiger partial charge >= 0.3 is 6.36 Å². The summed E-state index contributed by atoms with van der Waals surface area (Å²) in [5.74, 6) is -0.262. The summed E-state index contributed by atoms with van der Waals surface area (Å²) < 4.78 is 39.6. The lowest BCUT2D eigenvalue weighted by Crippen LogP contribution is -2.19. The molecule has 7 heteroatoms. The molecule has 0 radical (unpaired) electrons. The van der Waals surface area contributed by atoms with E-state index >= 15 is 0 Å². The molecule has 1 aromatic rings. The summed E-state index contributed by atoms with van der Waals surface area (Å²) >= 11 is 0. The quantitative estimate of drug-likeness (QED) is 0.790. The van der Waals surface area contributed by atoms with Crippen molar-refractivity contribution in [1.82, 2.24) is 4.98 Å². The first-order valence-corrected chi connectivity index (χ1v) is 4.05. The Hall–Kier alpha value is -1.50. The summed E-state index contributed by atoms with van der Waals surface area (Å²) in [5, 5.41) is 0. The van der Waals surface area contributed by atoms with Gasteiger partial charge in [-0.15, -0.1) is 13.2 Å². The molecule has 0 aliphatic carbocycles. The van der Waals surface area contributed by atoms with Crippen LogP contribution in [0, 0.1) is 6.92 Å². The van der Waals surface area contributed by atoms with E-state index in [-0.39, 0.29) is 23.7 Å². The number of ether oxygens (including phenoxy) is 1. The fraction of sp³-hybridized carbons (Fsp3) is 0.375. The van der Waals surface area contributed by atoms with Gasteiger partial charge in [0.25, 0.3) is 0 Å². The number of alkyl halides is 3. The Labute approximate surface area is 84.0 Å². The molecule has 1 aromatic heterocycles. The summed E-state index contributed by atoms with van der Waals surface area (Å²) in [6.07, 6.45) is -3.81. The number of hydrogen-bond acceptors (Lipinski definition) is 4. The standard InChI is InChI=1S/C8H10F3N3O/c1-4-5(2-12)7(13)14-3-6(4)15-8(9,10)11/h3H,2,12H2,1H3,(H2,13,14). The number of hydrogen-bond donors (Lipinski definition) is 2. The molecule has 4 nitrogen and oxygen atoms in total. The number of nitrogens with zero attached hydrogens (tertiary/aromatic N) is 1. The van der Waals surface area contributed by atoms with Crippen LogP contribution in [0.2, 0.25) is 0 Å². The van der Waals surface area contributed by atoms with Crippen LogP contribution in [-0.4, -0.2) is 11.3 Å². The highest BCUT2D eigenvalue weighted by atomic mass is 19.4. The van der Waals surface area contributed by atoms with Crippen molar-refractivity contribution in [2.75, 3.05) is 5.73 Å². The number of halogens is 3. The molecule has 4 N–H and O–H groups in total. The molecule has 0 amide bonds. The molecule has 0 saturated carbocycles. The molecule has 0 fully saturated rings. The second-order valence-corrected chi connectivity index (χ2v) is 2.86. The molecule has 0 aliphatic heterocycles. The smallest absolute Gasteiger partial charge is 0.404 e. The molecular weight excluding hydrogens is 211 g/mol. The zero-order valence-corrected chi connectivity index (χ0v) is 7.93. The first-order valence-electron chi connectivity index (χ1n) is 4.05. The number of pyridine rings is 1. The van der Waals surface area contributed by atoms with Crippen LogP contribution in [0.25, 0.3) is 0 Å². The van der Waals surface area contributed by atoms with Crippen molar-refractivity contribution in [2.45, 2.75) is 19.8 Å². The first kappa shape index (κ1) is 11.6. The summed E-state index contributed by atoms with van der Waals surface area (Å²) in [5.41, 5.74) is 11.4. The molecule has 0 saturated heterocycles. The molecule has 1 rings (SSSR count). The average molecular weight is 221 g/mol. The van der Waals surface area contributed by atoms with Crippen LogP contribution >= 0.6 is 0 Å². The zero-order valence-electron chi connectivity index (χ0n) is 7.93. The van der Waals surface area contributed by atoms with Gasteiger partial charge in [-0.1, -0.05) is 0 Å².